The van der Waals surface area contributed by atoms with E-state index in [1.54, 1.807) is 12.1 Å². The lowest BCUT2D eigenvalue weighted by Gasteiger charge is -2.19. The molecule has 2 aromatic rings. The Labute approximate surface area is 173 Å². The zero-order valence-corrected chi connectivity index (χ0v) is 17.1. The van der Waals surface area contributed by atoms with Crippen LogP contribution in [0.4, 0.5) is 16.2 Å². The molecule has 0 fully saturated rings. The Bertz CT molecular complexity index is 849. The maximum atomic E-state index is 11.8. The number of hydrogen-bond donors (Lipinski definition) is 3. The minimum Gasteiger partial charge on any atom is -0.455 e. The van der Waals surface area contributed by atoms with Crippen LogP contribution in [0.2, 0.25) is 0 Å². The van der Waals surface area contributed by atoms with Gasteiger partial charge >= 0.3 is 6.03 Å². The quantitative estimate of drug-likeness (QED) is 0.216. The van der Waals surface area contributed by atoms with E-state index >= 15 is 0 Å². The smallest absolute Gasteiger partial charge is 0.326 e. The number of carbonyl (C=O) groups is 1. The van der Waals surface area contributed by atoms with Crippen LogP contribution >= 0.6 is 12.1 Å². The van der Waals surface area contributed by atoms with Crippen molar-refractivity contribution in [2.75, 3.05) is 11.0 Å². The highest BCUT2D eigenvalue weighted by Gasteiger charge is 2.19. The number of nitro benzene ring substituents is 1. The molecule has 0 saturated heterocycles. The number of anilines is 1. The molecule has 0 aliphatic carbocycles. The van der Waals surface area contributed by atoms with Crippen LogP contribution in [-0.2, 0) is 0 Å². The third-order valence-corrected chi connectivity index (χ3v) is 4.51. The highest BCUT2D eigenvalue weighted by molar-refractivity contribution is 7.99. The molecule has 2 aromatic carbocycles. The highest BCUT2D eigenvalue weighted by atomic mass is 32.2. The number of aryl methyl sites for hydroxylation is 1. The van der Waals surface area contributed by atoms with Crippen LogP contribution in [0.1, 0.15) is 31.7 Å². The molecular formula is C19H24N4O5S. The zero-order chi connectivity index (χ0) is 21.2. The number of rotatable bonds is 10. The summed E-state index contributed by atoms with van der Waals surface area (Å²) in [5, 5.41) is 24.1. The molecule has 0 aromatic heterocycles. The number of unbranched alkanes of at least 4 members (excludes halogenated alkanes) is 2. The van der Waals surface area contributed by atoms with Gasteiger partial charge in [0.15, 0.2) is 5.75 Å². The van der Waals surface area contributed by atoms with Gasteiger partial charge in [0, 0.05) is 18.7 Å². The Balaban J connectivity index is 2.10. The molecule has 0 saturated carbocycles. The Morgan fingerprint density at radius 2 is 2.07 bits per heavy atom. The van der Waals surface area contributed by atoms with Gasteiger partial charge in [-0.15, -0.1) is 0 Å². The molecule has 0 atom stereocenters. The van der Waals surface area contributed by atoms with Crippen LogP contribution in [0, 0.1) is 17.0 Å². The summed E-state index contributed by atoms with van der Waals surface area (Å²) in [5.41, 5.74) is 0.778. The average Bonchev–Trinajstić information content (AvgIpc) is 2.69. The molecule has 0 radical (unpaired) electrons. The second kappa shape index (κ2) is 11.1. The van der Waals surface area contributed by atoms with Gasteiger partial charge in [0.1, 0.15) is 11.4 Å². The number of non-ortho nitro benzene ring substituents is 1. The summed E-state index contributed by atoms with van der Waals surface area (Å²) in [5.74, 6) is 0.710. The molecule has 0 spiro atoms. The van der Waals surface area contributed by atoms with E-state index in [-0.39, 0.29) is 17.1 Å². The van der Waals surface area contributed by atoms with E-state index in [2.05, 4.69) is 17.0 Å². The minimum absolute atomic E-state index is 0.0250. The molecule has 0 heterocycles. The average molecular weight is 420 g/mol. The molecule has 3 N–H and O–H groups in total. The molecule has 2 rings (SSSR count). The van der Waals surface area contributed by atoms with Crippen molar-refractivity contribution in [3.63, 3.8) is 0 Å². The summed E-state index contributed by atoms with van der Waals surface area (Å²) >= 11 is 0.574. The fraction of sp³-hybridized carbons (Fsp3) is 0.316. The Morgan fingerprint density at radius 1 is 1.28 bits per heavy atom. The number of amides is 2. The maximum Gasteiger partial charge on any atom is 0.326 e. The molecule has 29 heavy (non-hydrogen) atoms. The highest BCUT2D eigenvalue weighted by Crippen LogP contribution is 2.37. The van der Waals surface area contributed by atoms with E-state index in [9.17, 15) is 20.1 Å². The maximum absolute atomic E-state index is 11.8. The van der Waals surface area contributed by atoms with Crippen molar-refractivity contribution in [2.24, 2.45) is 0 Å². The number of hydrogen-bond acceptors (Lipinski definition) is 7. The van der Waals surface area contributed by atoms with Gasteiger partial charge in [-0.05, 0) is 37.1 Å². The molecule has 0 aliphatic heterocycles. The summed E-state index contributed by atoms with van der Waals surface area (Å²) in [6, 6.07) is 10.6. The first kappa shape index (κ1) is 22.3. The molecular weight excluding hydrogens is 396 g/mol. The molecule has 2 amide bonds. The first-order valence-corrected chi connectivity index (χ1v) is 9.90. The largest absolute Gasteiger partial charge is 0.455 e. The van der Waals surface area contributed by atoms with Crippen LogP contribution in [-0.4, -0.2) is 22.7 Å². The van der Waals surface area contributed by atoms with Crippen molar-refractivity contribution >= 4 is 29.5 Å². The number of urea groups is 1. The van der Waals surface area contributed by atoms with Gasteiger partial charge in [0.2, 0.25) is 0 Å². The summed E-state index contributed by atoms with van der Waals surface area (Å²) in [7, 11) is 0. The van der Waals surface area contributed by atoms with E-state index in [0.29, 0.717) is 28.9 Å². The summed E-state index contributed by atoms with van der Waals surface area (Å²) in [6.45, 7) is 4.49. The topological polar surface area (TPSA) is 117 Å². The molecule has 9 nitrogen and oxygen atoms in total. The van der Waals surface area contributed by atoms with Crippen LogP contribution in [0.3, 0.4) is 0 Å². The summed E-state index contributed by atoms with van der Waals surface area (Å²) < 4.78 is 8.82. The van der Waals surface area contributed by atoms with E-state index in [4.69, 9.17) is 4.74 Å². The normalized spacial score (nSPS) is 10.3. The number of nitro groups is 1. The van der Waals surface area contributed by atoms with E-state index < -0.39 is 11.0 Å². The number of nitrogens with zero attached hydrogens (tertiary/aromatic N) is 2. The number of ether oxygens (including phenoxy) is 1. The minimum atomic E-state index is -0.577. The Morgan fingerprint density at radius 3 is 2.76 bits per heavy atom. The second-order valence-corrected chi connectivity index (χ2v) is 6.99. The third-order valence-electron chi connectivity index (χ3n) is 3.87. The standard InChI is InChI=1S/C19H24N4O5S/c1-3-4-5-11-20-19(24)21-29-23(27)17-13-15(22(25)26)9-10-18(17)28-16-8-6-7-14(2)12-16/h6-10,12-13,27H,3-5,11H2,1-2H3,(H2,20,21,24). The van der Waals surface area contributed by atoms with Crippen molar-refractivity contribution in [3.8, 4) is 11.5 Å². The van der Waals surface area contributed by atoms with Gasteiger partial charge in [0.05, 0.1) is 17.1 Å². The van der Waals surface area contributed by atoms with Crippen LogP contribution < -0.4 is 19.2 Å². The Kier molecular flexibility index (Phi) is 8.56. The molecule has 0 bridgehead atoms. The Hall–Kier alpha value is -2.98. The summed E-state index contributed by atoms with van der Waals surface area (Å²) in [4.78, 5) is 22.3. The molecule has 0 unspecified atom stereocenters. The molecule has 10 heteroatoms. The summed E-state index contributed by atoms with van der Waals surface area (Å²) in [6.07, 6.45) is 2.91. The molecule has 156 valence electrons. The van der Waals surface area contributed by atoms with Crippen LogP contribution in [0.25, 0.3) is 0 Å². The van der Waals surface area contributed by atoms with Crippen molar-refractivity contribution in [1.29, 1.82) is 0 Å². The van der Waals surface area contributed by atoms with Crippen molar-refractivity contribution in [3.05, 3.63) is 58.1 Å². The number of benzene rings is 2. The molecule has 0 aliphatic rings. The second-order valence-electron chi connectivity index (χ2n) is 6.26. The first-order valence-electron chi connectivity index (χ1n) is 9.13. The van der Waals surface area contributed by atoms with E-state index in [0.717, 1.165) is 24.8 Å². The number of carbonyl (C=O) groups excluding carboxylic acids is 1. The van der Waals surface area contributed by atoms with Gasteiger partial charge in [-0.1, -0.05) is 31.9 Å². The van der Waals surface area contributed by atoms with Crippen LogP contribution in [0.15, 0.2) is 42.5 Å². The lowest BCUT2D eigenvalue weighted by atomic mass is 10.2. The van der Waals surface area contributed by atoms with Gasteiger partial charge < -0.3 is 10.1 Å². The fourth-order valence-corrected chi connectivity index (χ4v) is 2.89. The number of nitrogens with one attached hydrogen (secondary N) is 2. The first-order chi connectivity index (χ1) is 13.9. The van der Waals surface area contributed by atoms with Gasteiger partial charge in [-0.3, -0.25) is 20.0 Å². The predicted octanol–water partition coefficient (Wildman–Crippen LogP) is 4.94. The van der Waals surface area contributed by atoms with Crippen molar-refractivity contribution < 1.29 is 19.7 Å². The van der Waals surface area contributed by atoms with Crippen LogP contribution in [0.5, 0.6) is 11.5 Å². The lowest BCUT2D eigenvalue weighted by Crippen LogP contribution is -2.34. The zero-order valence-electron chi connectivity index (χ0n) is 16.3. The van der Waals surface area contributed by atoms with Crippen molar-refractivity contribution in [1.82, 2.24) is 10.0 Å². The lowest BCUT2D eigenvalue weighted by molar-refractivity contribution is -0.384. The van der Waals surface area contributed by atoms with E-state index in [1.807, 2.05) is 19.1 Å². The SMILES string of the molecule is CCCCCNC(=O)NSN(O)c1cc([N+](=O)[O-])ccc1Oc1cccc(C)c1. The van der Waals surface area contributed by atoms with E-state index in [1.165, 1.54) is 18.2 Å². The third kappa shape index (κ3) is 7.16. The monoisotopic (exact) mass is 420 g/mol. The van der Waals surface area contributed by atoms with Crippen molar-refractivity contribution in [2.45, 2.75) is 33.1 Å². The fourth-order valence-electron chi connectivity index (χ4n) is 2.41. The van der Waals surface area contributed by atoms with Gasteiger partial charge in [-0.25, -0.2) is 4.79 Å². The van der Waals surface area contributed by atoms with Gasteiger partial charge in [0.25, 0.3) is 5.69 Å². The van der Waals surface area contributed by atoms with Gasteiger partial charge in [-0.2, -0.15) is 4.47 Å². The predicted molar refractivity (Wildman–Crippen MR) is 112 cm³/mol.